The van der Waals surface area contributed by atoms with Crippen molar-refractivity contribution in [1.29, 1.82) is 0 Å². The molecule has 0 unspecified atom stereocenters. The van der Waals surface area contributed by atoms with Gasteiger partial charge in [-0.3, -0.25) is 33.6 Å². The van der Waals surface area contributed by atoms with Crippen molar-refractivity contribution in [3.63, 3.8) is 0 Å². The number of likely N-dealkylation sites (tertiary alicyclic amines) is 2. The lowest BCUT2D eigenvalue weighted by Gasteiger charge is -2.33. The van der Waals surface area contributed by atoms with E-state index in [0.717, 1.165) is 0 Å². The normalized spacial score (nSPS) is 19.4. The third kappa shape index (κ3) is 12.3. The second-order valence-corrected chi connectivity index (χ2v) is 13.0. The topological polar surface area (TPSA) is 258 Å². The second kappa shape index (κ2) is 19.0. The van der Waals surface area contributed by atoms with Crippen molar-refractivity contribution in [2.45, 2.75) is 89.0 Å². The van der Waals surface area contributed by atoms with Crippen molar-refractivity contribution in [2.75, 3.05) is 38.2 Å². The quantitative estimate of drug-likeness (QED) is 0.0816. The fraction of sp³-hybridized carbons (Fsp3) is 0.724. The molecule has 0 radical (unpaired) electrons. The van der Waals surface area contributed by atoms with Gasteiger partial charge in [0.25, 0.3) is 0 Å². The summed E-state index contributed by atoms with van der Waals surface area (Å²) in [5.74, 6) is -5.62. The van der Waals surface area contributed by atoms with Crippen LogP contribution in [0.2, 0.25) is 0 Å². The van der Waals surface area contributed by atoms with Gasteiger partial charge in [0.05, 0.1) is 25.6 Å². The SMILES string of the molecule is CSCC[C@H](NC(=O)[C@@H]1CCCN1C(=O)[C@@H]1CCCN1C(=O)[C@H](CC(C)C)NC(=O)CNC(=O)CNC(=O)[C@@H](N)CC(=O)O)C(=O)O. The van der Waals surface area contributed by atoms with Gasteiger partial charge in [-0.1, -0.05) is 13.8 Å². The van der Waals surface area contributed by atoms with Crippen molar-refractivity contribution in [3.05, 3.63) is 0 Å². The van der Waals surface area contributed by atoms with E-state index in [0.29, 0.717) is 31.4 Å². The molecule has 2 rings (SSSR count). The molecule has 47 heavy (non-hydrogen) atoms. The Hall–Kier alpha value is -3.93. The first-order chi connectivity index (χ1) is 22.2. The van der Waals surface area contributed by atoms with Gasteiger partial charge in [-0.2, -0.15) is 11.8 Å². The number of carboxylic acids is 2. The van der Waals surface area contributed by atoms with E-state index >= 15 is 0 Å². The van der Waals surface area contributed by atoms with E-state index in [9.17, 15) is 43.5 Å². The molecule has 2 aliphatic heterocycles. The van der Waals surface area contributed by atoms with Crippen LogP contribution in [-0.4, -0.2) is 136 Å². The third-order valence-corrected chi connectivity index (χ3v) is 8.47. The highest BCUT2D eigenvalue weighted by molar-refractivity contribution is 7.98. The molecule has 18 heteroatoms. The molecule has 0 aromatic heterocycles. The lowest BCUT2D eigenvalue weighted by Crippen LogP contribution is -2.57. The van der Waals surface area contributed by atoms with Crippen LogP contribution in [0.1, 0.15) is 58.8 Å². The van der Waals surface area contributed by atoms with E-state index in [1.54, 1.807) is 0 Å². The van der Waals surface area contributed by atoms with Crippen LogP contribution in [0.4, 0.5) is 0 Å². The first-order valence-electron chi connectivity index (χ1n) is 15.6. The molecule has 2 heterocycles. The van der Waals surface area contributed by atoms with Crippen molar-refractivity contribution in [2.24, 2.45) is 11.7 Å². The highest BCUT2D eigenvalue weighted by atomic mass is 32.2. The molecule has 0 saturated carbocycles. The highest BCUT2D eigenvalue weighted by Gasteiger charge is 2.44. The number of amides is 6. The Morgan fingerprint density at radius 3 is 2.06 bits per heavy atom. The number of nitrogens with one attached hydrogen (secondary N) is 4. The summed E-state index contributed by atoms with van der Waals surface area (Å²) < 4.78 is 0. The summed E-state index contributed by atoms with van der Waals surface area (Å²) in [6, 6.07) is -5.15. The number of aliphatic carboxylic acids is 2. The van der Waals surface area contributed by atoms with Crippen LogP contribution in [0, 0.1) is 5.92 Å². The summed E-state index contributed by atoms with van der Waals surface area (Å²) in [5, 5.41) is 27.9. The number of hydrogen-bond donors (Lipinski definition) is 7. The average Bonchev–Trinajstić information content (AvgIpc) is 3.69. The van der Waals surface area contributed by atoms with E-state index in [2.05, 4.69) is 21.3 Å². The number of nitrogens with zero attached hydrogens (tertiary/aromatic N) is 2. The van der Waals surface area contributed by atoms with Crippen molar-refractivity contribution < 1.29 is 48.6 Å². The maximum atomic E-state index is 13.7. The minimum atomic E-state index is -1.35. The minimum Gasteiger partial charge on any atom is -0.481 e. The van der Waals surface area contributed by atoms with E-state index in [1.165, 1.54) is 21.6 Å². The summed E-state index contributed by atoms with van der Waals surface area (Å²) in [6.45, 7) is 3.20. The fourth-order valence-corrected chi connectivity index (χ4v) is 5.97. The monoisotopic (exact) mass is 685 g/mol. The van der Waals surface area contributed by atoms with Crippen molar-refractivity contribution >= 4 is 59.1 Å². The van der Waals surface area contributed by atoms with E-state index < -0.39 is 97.1 Å². The predicted molar refractivity (Wildman–Crippen MR) is 170 cm³/mol. The van der Waals surface area contributed by atoms with Gasteiger partial charge < -0.3 is 47.0 Å². The summed E-state index contributed by atoms with van der Waals surface area (Å²) in [4.78, 5) is 102. The molecule has 0 spiro atoms. The van der Waals surface area contributed by atoms with Gasteiger partial charge in [0, 0.05) is 13.1 Å². The van der Waals surface area contributed by atoms with E-state index in [-0.39, 0.29) is 31.8 Å². The van der Waals surface area contributed by atoms with E-state index in [1.807, 2.05) is 20.1 Å². The van der Waals surface area contributed by atoms with Gasteiger partial charge >= 0.3 is 11.9 Å². The zero-order valence-corrected chi connectivity index (χ0v) is 27.8. The Balaban J connectivity index is 2.02. The van der Waals surface area contributed by atoms with Crippen LogP contribution in [0.3, 0.4) is 0 Å². The Kier molecular flexibility index (Phi) is 15.9. The smallest absolute Gasteiger partial charge is 0.326 e. The Morgan fingerprint density at radius 2 is 1.47 bits per heavy atom. The van der Waals surface area contributed by atoms with Crippen LogP contribution in [0.25, 0.3) is 0 Å². The lowest BCUT2D eigenvalue weighted by molar-refractivity contribution is -0.149. The molecule has 2 saturated heterocycles. The zero-order chi connectivity index (χ0) is 35.3. The van der Waals surface area contributed by atoms with Crippen LogP contribution in [-0.2, 0) is 38.4 Å². The van der Waals surface area contributed by atoms with Gasteiger partial charge in [0.15, 0.2) is 0 Å². The maximum Gasteiger partial charge on any atom is 0.326 e. The summed E-state index contributed by atoms with van der Waals surface area (Å²) in [7, 11) is 0. The zero-order valence-electron chi connectivity index (χ0n) is 27.0. The van der Waals surface area contributed by atoms with Gasteiger partial charge in [0.2, 0.25) is 35.4 Å². The first kappa shape index (κ1) is 39.2. The molecule has 5 atom stereocenters. The number of thioether (sulfide) groups is 1. The van der Waals surface area contributed by atoms with Gasteiger partial charge in [-0.05, 0) is 56.5 Å². The number of rotatable bonds is 18. The molecule has 0 aliphatic carbocycles. The van der Waals surface area contributed by atoms with Crippen LogP contribution in [0.15, 0.2) is 0 Å². The standard InChI is InChI=1S/C29H47N7O10S/c1-16(2)12-19(33-23(38)15-31-22(37)14-32-25(41)17(30)13-24(39)40)27(43)36-10-5-7-21(36)28(44)35-9-4-6-20(35)26(42)34-18(29(45)46)8-11-47-3/h16-21H,4-15,30H2,1-3H3,(H,31,37)(H,32,41)(H,33,38)(H,34,42)(H,39,40)(H,45,46)/t17-,18-,19-,20-,21-/m0/s1. The molecule has 2 fully saturated rings. The Morgan fingerprint density at radius 1 is 0.851 bits per heavy atom. The molecular formula is C29H47N7O10S. The average molecular weight is 686 g/mol. The van der Waals surface area contributed by atoms with Gasteiger partial charge in [0.1, 0.15) is 24.2 Å². The molecule has 2 aliphatic rings. The van der Waals surface area contributed by atoms with Crippen LogP contribution >= 0.6 is 11.8 Å². The number of carbonyl (C=O) groups excluding carboxylic acids is 6. The molecule has 0 bridgehead atoms. The number of hydrogen-bond acceptors (Lipinski definition) is 10. The molecule has 8 N–H and O–H groups in total. The maximum absolute atomic E-state index is 13.7. The molecule has 0 aromatic carbocycles. The van der Waals surface area contributed by atoms with Crippen molar-refractivity contribution in [1.82, 2.24) is 31.1 Å². The third-order valence-electron chi connectivity index (χ3n) is 7.83. The summed E-state index contributed by atoms with van der Waals surface area (Å²) >= 11 is 1.46. The Bertz CT molecular complexity index is 1190. The number of carbonyl (C=O) groups is 8. The molecule has 17 nitrogen and oxygen atoms in total. The van der Waals surface area contributed by atoms with Crippen LogP contribution < -0.4 is 27.0 Å². The van der Waals surface area contributed by atoms with Crippen molar-refractivity contribution in [3.8, 4) is 0 Å². The number of carboxylic acid groups (broad SMARTS) is 2. The van der Waals surface area contributed by atoms with Gasteiger partial charge in [-0.25, -0.2) is 4.79 Å². The minimum absolute atomic E-state index is 0.0271. The van der Waals surface area contributed by atoms with Crippen LogP contribution in [0.5, 0.6) is 0 Å². The Labute approximate surface area is 277 Å². The highest BCUT2D eigenvalue weighted by Crippen LogP contribution is 2.26. The predicted octanol–water partition coefficient (Wildman–Crippen LogP) is -2.14. The molecular weight excluding hydrogens is 638 g/mol. The largest absolute Gasteiger partial charge is 0.481 e. The molecule has 6 amide bonds. The summed E-state index contributed by atoms with van der Waals surface area (Å²) in [5.41, 5.74) is 5.44. The summed E-state index contributed by atoms with van der Waals surface area (Å²) in [6.07, 6.45) is 3.49. The number of nitrogens with two attached hydrogens (primary N) is 1. The second-order valence-electron chi connectivity index (χ2n) is 12.0. The fourth-order valence-electron chi connectivity index (χ4n) is 5.50. The molecule has 264 valence electrons. The van der Waals surface area contributed by atoms with E-state index in [4.69, 9.17) is 10.8 Å². The lowest BCUT2D eigenvalue weighted by atomic mass is 10.0. The first-order valence-corrected chi connectivity index (χ1v) is 17.0. The molecule has 0 aromatic rings. The van der Waals surface area contributed by atoms with Gasteiger partial charge in [-0.15, -0.1) is 0 Å².